The van der Waals surface area contributed by atoms with Gasteiger partial charge < -0.3 is 20.1 Å². The summed E-state index contributed by atoms with van der Waals surface area (Å²) in [6, 6.07) is 5.30. The summed E-state index contributed by atoms with van der Waals surface area (Å²) >= 11 is 6.07. The highest BCUT2D eigenvalue weighted by atomic mass is 35.5. The van der Waals surface area contributed by atoms with Crippen LogP contribution in [0.5, 0.6) is 5.75 Å². The van der Waals surface area contributed by atoms with Crippen LogP contribution in [0, 0.1) is 5.92 Å². The number of hydrogen-bond acceptors (Lipinski definition) is 4. The molecule has 0 radical (unpaired) electrons. The number of piperidine rings is 1. The fourth-order valence-corrected chi connectivity index (χ4v) is 3.17. The third kappa shape index (κ3) is 5.24. The van der Waals surface area contributed by atoms with E-state index in [1.165, 1.54) is 0 Å². The zero-order valence-electron chi connectivity index (χ0n) is 13.6. The monoisotopic (exact) mass is 374 g/mol. The second kappa shape index (κ2) is 9.47. The predicted octanol–water partition coefficient (Wildman–Crippen LogP) is 3.26. The SMILES string of the molecule is Cl.O=C(Nc1cc(Cl)ccc1OCC1CCCO1)C1CCCNC1. The van der Waals surface area contributed by atoms with E-state index in [1.54, 1.807) is 18.2 Å². The minimum atomic E-state index is -0.00579. The number of carbonyl (C=O) groups is 1. The number of carbonyl (C=O) groups excluding carboxylic acids is 1. The van der Waals surface area contributed by atoms with E-state index in [4.69, 9.17) is 21.1 Å². The van der Waals surface area contributed by atoms with E-state index in [0.717, 1.165) is 45.4 Å². The fraction of sp³-hybridized carbons (Fsp3) is 0.588. The predicted molar refractivity (Wildman–Crippen MR) is 97.4 cm³/mol. The van der Waals surface area contributed by atoms with Crippen molar-refractivity contribution >= 4 is 35.6 Å². The van der Waals surface area contributed by atoms with Crippen LogP contribution in [0.1, 0.15) is 25.7 Å². The number of halogens is 2. The molecule has 1 aromatic rings. The molecule has 0 bridgehead atoms. The summed E-state index contributed by atoms with van der Waals surface area (Å²) in [7, 11) is 0. The molecule has 2 N–H and O–H groups in total. The summed E-state index contributed by atoms with van der Waals surface area (Å²) in [5.41, 5.74) is 0.631. The Morgan fingerprint density at radius 1 is 1.38 bits per heavy atom. The number of rotatable bonds is 5. The highest BCUT2D eigenvalue weighted by Crippen LogP contribution is 2.29. The molecule has 2 aliphatic heterocycles. The van der Waals surface area contributed by atoms with E-state index in [1.807, 2.05) is 0 Å². The number of anilines is 1. The molecule has 3 rings (SSSR count). The molecule has 0 aromatic heterocycles. The summed E-state index contributed by atoms with van der Waals surface area (Å²) in [6.07, 6.45) is 4.16. The number of nitrogens with one attached hydrogen (secondary N) is 2. The molecule has 24 heavy (non-hydrogen) atoms. The maximum atomic E-state index is 12.4. The van der Waals surface area contributed by atoms with Crippen LogP contribution in [0.25, 0.3) is 0 Å². The van der Waals surface area contributed by atoms with Crippen molar-refractivity contribution in [3.8, 4) is 5.75 Å². The lowest BCUT2D eigenvalue weighted by molar-refractivity contribution is -0.120. The van der Waals surface area contributed by atoms with Crippen LogP contribution in [0.2, 0.25) is 5.02 Å². The molecular formula is C17H24Cl2N2O3. The van der Waals surface area contributed by atoms with Gasteiger partial charge in [0, 0.05) is 18.2 Å². The Kier molecular flexibility index (Phi) is 7.62. The molecule has 2 atom stereocenters. The van der Waals surface area contributed by atoms with E-state index < -0.39 is 0 Å². The summed E-state index contributed by atoms with van der Waals surface area (Å²) in [4.78, 5) is 12.4. The molecule has 2 heterocycles. The Morgan fingerprint density at radius 2 is 2.25 bits per heavy atom. The van der Waals surface area contributed by atoms with Gasteiger partial charge in [0.05, 0.1) is 17.7 Å². The zero-order valence-corrected chi connectivity index (χ0v) is 15.1. The minimum absolute atomic E-state index is 0. The minimum Gasteiger partial charge on any atom is -0.489 e. The van der Waals surface area contributed by atoms with Crippen LogP contribution in [0.4, 0.5) is 5.69 Å². The molecule has 2 saturated heterocycles. The van der Waals surface area contributed by atoms with Crippen molar-refractivity contribution in [2.75, 3.05) is 31.6 Å². The Morgan fingerprint density at radius 3 is 2.96 bits per heavy atom. The molecule has 1 aromatic carbocycles. The Bertz CT molecular complexity index is 545. The highest BCUT2D eigenvalue weighted by Gasteiger charge is 2.22. The molecule has 2 aliphatic rings. The molecule has 5 nitrogen and oxygen atoms in total. The first-order chi connectivity index (χ1) is 11.2. The third-order valence-electron chi connectivity index (χ3n) is 4.32. The molecule has 134 valence electrons. The van der Waals surface area contributed by atoms with Crippen LogP contribution >= 0.6 is 24.0 Å². The fourth-order valence-electron chi connectivity index (χ4n) is 2.99. The van der Waals surface area contributed by atoms with Crippen molar-refractivity contribution in [2.24, 2.45) is 5.92 Å². The van der Waals surface area contributed by atoms with Gasteiger partial charge in [0.2, 0.25) is 5.91 Å². The first-order valence-electron chi connectivity index (χ1n) is 8.28. The maximum absolute atomic E-state index is 12.4. The summed E-state index contributed by atoms with van der Waals surface area (Å²) in [6.45, 7) is 3.00. The molecule has 0 aliphatic carbocycles. The van der Waals surface area contributed by atoms with Gasteiger partial charge in [-0.3, -0.25) is 4.79 Å². The normalized spacial score (nSPS) is 23.4. The van der Waals surface area contributed by atoms with Gasteiger partial charge >= 0.3 is 0 Å². The summed E-state index contributed by atoms with van der Waals surface area (Å²) in [5.74, 6) is 0.650. The van der Waals surface area contributed by atoms with Crippen molar-refractivity contribution in [3.05, 3.63) is 23.2 Å². The van der Waals surface area contributed by atoms with E-state index in [-0.39, 0.29) is 30.3 Å². The first kappa shape index (κ1) is 19.3. The van der Waals surface area contributed by atoms with Crippen molar-refractivity contribution in [2.45, 2.75) is 31.8 Å². The van der Waals surface area contributed by atoms with Gasteiger partial charge in [0.25, 0.3) is 0 Å². The number of amides is 1. The topological polar surface area (TPSA) is 59.6 Å². The van der Waals surface area contributed by atoms with Crippen molar-refractivity contribution in [3.63, 3.8) is 0 Å². The number of hydrogen-bond donors (Lipinski definition) is 2. The van der Waals surface area contributed by atoms with Gasteiger partial charge in [-0.25, -0.2) is 0 Å². The highest BCUT2D eigenvalue weighted by molar-refractivity contribution is 6.31. The molecule has 7 heteroatoms. The summed E-state index contributed by atoms with van der Waals surface area (Å²) in [5, 5.41) is 6.80. The Hall–Kier alpha value is -1.01. The first-order valence-corrected chi connectivity index (χ1v) is 8.66. The van der Waals surface area contributed by atoms with Gasteiger partial charge in [-0.05, 0) is 50.4 Å². The van der Waals surface area contributed by atoms with Crippen molar-refractivity contribution in [1.29, 1.82) is 0 Å². The van der Waals surface area contributed by atoms with Crippen molar-refractivity contribution in [1.82, 2.24) is 5.32 Å². The van der Waals surface area contributed by atoms with Crippen LogP contribution in [-0.4, -0.2) is 38.3 Å². The lowest BCUT2D eigenvalue weighted by Gasteiger charge is -2.23. The molecular weight excluding hydrogens is 351 g/mol. The average Bonchev–Trinajstić information content (AvgIpc) is 3.08. The lowest BCUT2D eigenvalue weighted by Crippen LogP contribution is -2.37. The Labute approximate surface area is 153 Å². The number of benzene rings is 1. The van der Waals surface area contributed by atoms with E-state index in [2.05, 4.69) is 10.6 Å². The number of ether oxygens (including phenoxy) is 2. The van der Waals surface area contributed by atoms with Crippen LogP contribution < -0.4 is 15.4 Å². The van der Waals surface area contributed by atoms with E-state index in [0.29, 0.717) is 23.1 Å². The van der Waals surface area contributed by atoms with Gasteiger partial charge in [-0.2, -0.15) is 0 Å². The van der Waals surface area contributed by atoms with Crippen molar-refractivity contribution < 1.29 is 14.3 Å². The molecule has 2 unspecified atom stereocenters. The third-order valence-corrected chi connectivity index (χ3v) is 4.55. The molecule has 2 fully saturated rings. The van der Waals surface area contributed by atoms with Gasteiger partial charge in [0.1, 0.15) is 12.4 Å². The van der Waals surface area contributed by atoms with Gasteiger partial charge in [-0.1, -0.05) is 11.6 Å². The van der Waals surface area contributed by atoms with E-state index in [9.17, 15) is 4.79 Å². The smallest absolute Gasteiger partial charge is 0.228 e. The standard InChI is InChI=1S/C17H23ClN2O3.ClH/c18-13-5-6-16(23-11-14-4-2-8-22-14)15(9-13)20-17(21)12-3-1-7-19-10-12;/h5-6,9,12,14,19H,1-4,7-8,10-11H2,(H,20,21);1H. The molecule has 0 spiro atoms. The van der Waals surface area contributed by atoms with Gasteiger partial charge in [0.15, 0.2) is 0 Å². The van der Waals surface area contributed by atoms with Crippen LogP contribution in [-0.2, 0) is 9.53 Å². The van der Waals surface area contributed by atoms with E-state index >= 15 is 0 Å². The summed E-state index contributed by atoms with van der Waals surface area (Å²) < 4.78 is 11.4. The van der Waals surface area contributed by atoms with Crippen LogP contribution in [0.15, 0.2) is 18.2 Å². The second-order valence-corrected chi connectivity index (χ2v) is 6.56. The second-order valence-electron chi connectivity index (χ2n) is 6.12. The van der Waals surface area contributed by atoms with Crippen LogP contribution in [0.3, 0.4) is 0 Å². The maximum Gasteiger partial charge on any atom is 0.228 e. The molecule has 1 amide bonds. The lowest BCUT2D eigenvalue weighted by atomic mass is 9.99. The van der Waals surface area contributed by atoms with Gasteiger partial charge in [-0.15, -0.1) is 12.4 Å². The molecule has 0 saturated carbocycles. The largest absolute Gasteiger partial charge is 0.489 e. The Balaban J connectivity index is 0.00000208. The zero-order chi connectivity index (χ0) is 16.1. The quantitative estimate of drug-likeness (QED) is 0.830. The average molecular weight is 375 g/mol.